The summed E-state index contributed by atoms with van der Waals surface area (Å²) in [7, 11) is 1.63. The Hall–Kier alpha value is -3.60. The fourth-order valence-corrected chi connectivity index (χ4v) is 3.25. The van der Waals surface area contributed by atoms with Crippen molar-refractivity contribution in [3.63, 3.8) is 0 Å². The Morgan fingerprint density at radius 1 is 0.839 bits per heavy atom. The highest BCUT2D eigenvalue weighted by Gasteiger charge is 2.24. The van der Waals surface area contributed by atoms with Crippen molar-refractivity contribution in [3.05, 3.63) is 76.9 Å². The van der Waals surface area contributed by atoms with Crippen molar-refractivity contribution in [1.82, 2.24) is 0 Å². The Labute approximate surface area is 183 Å². The molecule has 0 aliphatic heterocycles. The SMILES string of the molecule is COc1c(C(C)(C)C)cc(N=Cc2ccccc2O)c(C)c1N=Cc1ccccc1O. The molecule has 0 fully saturated rings. The number of aromatic hydroxyl groups is 2. The van der Waals surface area contributed by atoms with Crippen LogP contribution in [0, 0.1) is 6.92 Å². The number of hydrogen-bond acceptors (Lipinski definition) is 5. The number of hydrogen-bond donors (Lipinski definition) is 2. The summed E-state index contributed by atoms with van der Waals surface area (Å²) >= 11 is 0. The topological polar surface area (TPSA) is 74.4 Å². The largest absolute Gasteiger partial charge is 0.507 e. The van der Waals surface area contributed by atoms with E-state index in [1.54, 1.807) is 55.9 Å². The fourth-order valence-electron chi connectivity index (χ4n) is 3.25. The van der Waals surface area contributed by atoms with Gasteiger partial charge in [-0.1, -0.05) is 45.0 Å². The number of methoxy groups -OCH3 is 1. The fraction of sp³-hybridized carbons (Fsp3) is 0.231. The van der Waals surface area contributed by atoms with Gasteiger partial charge in [-0.15, -0.1) is 0 Å². The minimum Gasteiger partial charge on any atom is -0.507 e. The zero-order chi connectivity index (χ0) is 22.6. The first-order valence-electron chi connectivity index (χ1n) is 10.1. The molecular formula is C26H28N2O3. The molecule has 3 rings (SSSR count). The quantitative estimate of drug-likeness (QED) is 0.485. The maximum atomic E-state index is 10.1. The van der Waals surface area contributed by atoms with E-state index in [1.165, 1.54) is 0 Å². The van der Waals surface area contributed by atoms with Gasteiger partial charge in [0, 0.05) is 34.7 Å². The Kier molecular flexibility index (Phi) is 6.44. The molecule has 5 nitrogen and oxygen atoms in total. The molecule has 3 aromatic rings. The first-order valence-corrected chi connectivity index (χ1v) is 10.1. The third-order valence-corrected chi connectivity index (χ3v) is 5.04. The molecule has 0 saturated carbocycles. The molecule has 0 saturated heterocycles. The van der Waals surface area contributed by atoms with E-state index >= 15 is 0 Å². The van der Waals surface area contributed by atoms with Crippen LogP contribution in [0.4, 0.5) is 11.4 Å². The summed E-state index contributed by atoms with van der Waals surface area (Å²) in [6.45, 7) is 8.25. The highest BCUT2D eigenvalue weighted by atomic mass is 16.5. The molecule has 0 unspecified atom stereocenters. The number of phenols is 2. The van der Waals surface area contributed by atoms with Gasteiger partial charge in [-0.3, -0.25) is 9.98 Å². The third-order valence-electron chi connectivity index (χ3n) is 5.04. The van der Waals surface area contributed by atoms with E-state index in [0.29, 0.717) is 22.6 Å². The molecule has 3 aromatic carbocycles. The van der Waals surface area contributed by atoms with Gasteiger partial charge in [0.05, 0.1) is 12.8 Å². The molecule has 2 N–H and O–H groups in total. The van der Waals surface area contributed by atoms with Gasteiger partial charge in [0.15, 0.2) is 0 Å². The number of para-hydroxylation sites is 2. The summed E-state index contributed by atoms with van der Waals surface area (Å²) in [6, 6.07) is 16.1. The lowest BCUT2D eigenvalue weighted by Gasteiger charge is -2.25. The van der Waals surface area contributed by atoms with E-state index in [4.69, 9.17) is 4.74 Å². The lowest BCUT2D eigenvalue weighted by Crippen LogP contribution is -2.13. The van der Waals surface area contributed by atoms with Gasteiger partial charge in [-0.05, 0) is 42.7 Å². The van der Waals surface area contributed by atoms with Gasteiger partial charge < -0.3 is 14.9 Å². The van der Waals surface area contributed by atoms with Crippen molar-refractivity contribution in [3.8, 4) is 17.2 Å². The third kappa shape index (κ3) is 4.94. The highest BCUT2D eigenvalue weighted by Crippen LogP contribution is 2.45. The van der Waals surface area contributed by atoms with Crippen molar-refractivity contribution in [2.75, 3.05) is 7.11 Å². The van der Waals surface area contributed by atoms with Gasteiger partial charge in [-0.25, -0.2) is 0 Å². The summed E-state index contributed by atoms with van der Waals surface area (Å²) in [5.41, 5.74) is 4.23. The average molecular weight is 417 g/mol. The molecule has 0 amide bonds. The van der Waals surface area contributed by atoms with Crippen LogP contribution in [-0.2, 0) is 5.41 Å². The van der Waals surface area contributed by atoms with Crippen LogP contribution < -0.4 is 4.74 Å². The van der Waals surface area contributed by atoms with Crippen LogP contribution in [0.25, 0.3) is 0 Å². The second-order valence-corrected chi connectivity index (χ2v) is 8.33. The number of ether oxygens (including phenoxy) is 1. The maximum absolute atomic E-state index is 10.1. The molecule has 0 atom stereocenters. The van der Waals surface area contributed by atoms with Crippen molar-refractivity contribution in [1.29, 1.82) is 0 Å². The predicted molar refractivity (Wildman–Crippen MR) is 127 cm³/mol. The Morgan fingerprint density at radius 2 is 1.35 bits per heavy atom. The molecule has 31 heavy (non-hydrogen) atoms. The Bertz CT molecular complexity index is 1140. The minimum atomic E-state index is -0.211. The lowest BCUT2D eigenvalue weighted by molar-refractivity contribution is 0.399. The van der Waals surface area contributed by atoms with E-state index in [-0.39, 0.29) is 16.9 Å². The Morgan fingerprint density at radius 3 is 1.84 bits per heavy atom. The number of aliphatic imine (C=N–C) groups is 2. The van der Waals surface area contributed by atoms with Crippen LogP contribution in [-0.4, -0.2) is 29.8 Å². The average Bonchev–Trinajstić information content (AvgIpc) is 2.73. The van der Waals surface area contributed by atoms with E-state index in [1.807, 2.05) is 25.1 Å². The van der Waals surface area contributed by atoms with E-state index in [0.717, 1.165) is 16.8 Å². The zero-order valence-electron chi connectivity index (χ0n) is 18.5. The smallest absolute Gasteiger partial charge is 0.148 e. The number of benzene rings is 3. The first-order chi connectivity index (χ1) is 14.7. The number of nitrogens with zero attached hydrogens (tertiary/aromatic N) is 2. The van der Waals surface area contributed by atoms with Crippen LogP contribution in [0.1, 0.15) is 43.0 Å². The normalized spacial score (nSPS) is 12.0. The van der Waals surface area contributed by atoms with Crippen molar-refractivity contribution < 1.29 is 14.9 Å². The highest BCUT2D eigenvalue weighted by molar-refractivity contribution is 5.89. The predicted octanol–water partition coefficient (Wildman–Crippen LogP) is 6.21. The molecule has 0 aromatic heterocycles. The molecule has 0 aliphatic carbocycles. The summed E-state index contributed by atoms with van der Waals surface area (Å²) in [5, 5.41) is 20.1. The number of phenolic OH excluding ortho intramolecular Hbond substituents is 2. The van der Waals surface area contributed by atoms with E-state index < -0.39 is 0 Å². The maximum Gasteiger partial charge on any atom is 0.148 e. The lowest BCUT2D eigenvalue weighted by atomic mass is 9.84. The van der Waals surface area contributed by atoms with Gasteiger partial charge in [-0.2, -0.15) is 0 Å². The summed E-state index contributed by atoms with van der Waals surface area (Å²) in [5.74, 6) is 1.01. The van der Waals surface area contributed by atoms with Gasteiger partial charge in [0.25, 0.3) is 0 Å². The Balaban J connectivity index is 2.17. The van der Waals surface area contributed by atoms with Crippen molar-refractivity contribution >= 4 is 23.8 Å². The minimum absolute atomic E-state index is 0.160. The summed E-state index contributed by atoms with van der Waals surface area (Å²) in [4.78, 5) is 9.34. The van der Waals surface area contributed by atoms with Crippen molar-refractivity contribution in [2.45, 2.75) is 33.1 Å². The zero-order valence-corrected chi connectivity index (χ0v) is 18.5. The van der Waals surface area contributed by atoms with Crippen LogP contribution in [0.3, 0.4) is 0 Å². The van der Waals surface area contributed by atoms with Gasteiger partial charge in [0.2, 0.25) is 0 Å². The van der Waals surface area contributed by atoms with Gasteiger partial charge >= 0.3 is 0 Å². The summed E-state index contributed by atoms with van der Waals surface area (Å²) in [6.07, 6.45) is 3.27. The summed E-state index contributed by atoms with van der Waals surface area (Å²) < 4.78 is 5.77. The number of rotatable bonds is 5. The second-order valence-electron chi connectivity index (χ2n) is 8.33. The monoisotopic (exact) mass is 416 g/mol. The van der Waals surface area contributed by atoms with Crippen LogP contribution in [0.5, 0.6) is 17.2 Å². The van der Waals surface area contributed by atoms with Crippen LogP contribution in [0.15, 0.2) is 64.6 Å². The van der Waals surface area contributed by atoms with Gasteiger partial charge in [0.1, 0.15) is 22.9 Å². The first kappa shape index (κ1) is 22.1. The van der Waals surface area contributed by atoms with Crippen molar-refractivity contribution in [2.24, 2.45) is 9.98 Å². The van der Waals surface area contributed by atoms with E-state index in [2.05, 4.69) is 30.8 Å². The van der Waals surface area contributed by atoms with Crippen LogP contribution in [0.2, 0.25) is 0 Å². The molecule has 5 heteroatoms. The molecule has 0 radical (unpaired) electrons. The molecular weight excluding hydrogens is 388 g/mol. The molecule has 160 valence electrons. The van der Waals surface area contributed by atoms with Crippen LogP contribution >= 0.6 is 0 Å². The standard InChI is InChI=1S/C26H28N2O3/c1-17-21(27-15-18-10-6-8-12-22(18)29)14-20(26(2,3)4)25(31-5)24(17)28-16-19-11-7-9-13-23(19)30/h6-16,29-30H,1-5H3. The van der Waals surface area contributed by atoms with E-state index in [9.17, 15) is 10.2 Å². The molecule has 0 spiro atoms. The molecule has 0 aliphatic rings. The molecule has 0 bridgehead atoms. The second kappa shape index (κ2) is 9.04. The molecule has 0 heterocycles.